The van der Waals surface area contributed by atoms with E-state index in [2.05, 4.69) is 20.8 Å². The van der Waals surface area contributed by atoms with Gasteiger partial charge < -0.3 is 10.0 Å². The fourth-order valence-electron chi connectivity index (χ4n) is 2.22. The van der Waals surface area contributed by atoms with E-state index in [4.69, 9.17) is 0 Å². The van der Waals surface area contributed by atoms with Crippen molar-refractivity contribution in [2.45, 2.75) is 38.7 Å². The van der Waals surface area contributed by atoms with Crippen molar-refractivity contribution in [1.82, 2.24) is 4.90 Å². The minimum atomic E-state index is -0.359. The number of hydrogen-bond acceptors (Lipinski definition) is 2. The van der Waals surface area contributed by atoms with Crippen LogP contribution in [0.2, 0.25) is 0 Å². The number of benzene rings is 1. The molecule has 0 unspecified atom stereocenters. The highest BCUT2D eigenvalue weighted by molar-refractivity contribution is 5.94. The van der Waals surface area contributed by atoms with Crippen molar-refractivity contribution < 1.29 is 9.90 Å². The van der Waals surface area contributed by atoms with Crippen LogP contribution < -0.4 is 0 Å². The summed E-state index contributed by atoms with van der Waals surface area (Å²) in [5.41, 5.74) is 2.03. The number of β-amino-alcohol motifs (C(OH)–C–C–N with tert-alkyl or cyclic N) is 1. The normalized spacial score (nSPS) is 20.2. The van der Waals surface area contributed by atoms with Crippen molar-refractivity contribution in [3.05, 3.63) is 35.4 Å². The van der Waals surface area contributed by atoms with Crippen molar-refractivity contribution in [3.8, 4) is 0 Å². The van der Waals surface area contributed by atoms with Gasteiger partial charge in [0, 0.05) is 18.7 Å². The molecule has 0 saturated carbocycles. The Balaban J connectivity index is 2.12. The number of hydrogen-bond donors (Lipinski definition) is 1. The predicted octanol–water partition coefficient (Wildman–Crippen LogP) is 2.19. The number of nitrogens with zero attached hydrogens (tertiary/aromatic N) is 1. The molecule has 1 amide bonds. The first kappa shape index (κ1) is 13.1. The Morgan fingerprint density at radius 1 is 1.28 bits per heavy atom. The molecule has 1 N–H and O–H groups in total. The molecule has 98 valence electrons. The Morgan fingerprint density at radius 3 is 2.33 bits per heavy atom. The number of likely N-dealkylation sites (tertiary alicyclic amines) is 1. The first-order chi connectivity index (χ1) is 8.38. The van der Waals surface area contributed by atoms with Crippen molar-refractivity contribution in [1.29, 1.82) is 0 Å². The zero-order valence-electron chi connectivity index (χ0n) is 11.3. The molecule has 1 aromatic carbocycles. The summed E-state index contributed by atoms with van der Waals surface area (Å²) in [6, 6.07) is 7.79. The molecule has 1 saturated heterocycles. The van der Waals surface area contributed by atoms with E-state index in [1.807, 2.05) is 24.3 Å². The number of aliphatic hydroxyl groups is 1. The van der Waals surface area contributed by atoms with Gasteiger partial charge in [0.1, 0.15) is 0 Å². The first-order valence-electron chi connectivity index (χ1n) is 6.46. The lowest BCUT2D eigenvalue weighted by atomic mass is 9.86. The lowest BCUT2D eigenvalue weighted by Gasteiger charge is -2.20. The molecule has 0 radical (unpaired) electrons. The van der Waals surface area contributed by atoms with Crippen molar-refractivity contribution in [3.63, 3.8) is 0 Å². The van der Waals surface area contributed by atoms with Crippen molar-refractivity contribution in [2.75, 3.05) is 13.1 Å². The van der Waals surface area contributed by atoms with E-state index in [1.54, 1.807) is 4.90 Å². The van der Waals surface area contributed by atoms with Crippen LogP contribution in [0.5, 0.6) is 0 Å². The SMILES string of the molecule is CC(C)(C)c1ccc(C(=O)N2CC[C@@H](O)C2)cc1. The van der Waals surface area contributed by atoms with E-state index in [0.717, 1.165) is 0 Å². The molecule has 0 aromatic heterocycles. The van der Waals surface area contributed by atoms with Gasteiger partial charge in [0.15, 0.2) is 0 Å². The molecule has 3 nitrogen and oxygen atoms in total. The summed E-state index contributed by atoms with van der Waals surface area (Å²) < 4.78 is 0. The third kappa shape index (κ3) is 2.72. The maximum absolute atomic E-state index is 12.2. The lowest BCUT2D eigenvalue weighted by molar-refractivity contribution is 0.0765. The molecule has 0 spiro atoms. The van der Waals surface area contributed by atoms with Gasteiger partial charge in [-0.2, -0.15) is 0 Å². The van der Waals surface area contributed by atoms with Crippen LogP contribution in [0.1, 0.15) is 43.1 Å². The Bertz CT molecular complexity index is 431. The summed E-state index contributed by atoms with van der Waals surface area (Å²) in [5, 5.41) is 9.45. The smallest absolute Gasteiger partial charge is 0.253 e. The average molecular weight is 247 g/mol. The predicted molar refractivity (Wildman–Crippen MR) is 71.7 cm³/mol. The molecule has 1 fully saturated rings. The standard InChI is InChI=1S/C15H21NO2/c1-15(2,3)12-6-4-11(5-7-12)14(18)16-9-8-13(17)10-16/h4-7,13,17H,8-10H2,1-3H3/t13-/m1/s1. The zero-order chi connectivity index (χ0) is 13.3. The lowest BCUT2D eigenvalue weighted by Crippen LogP contribution is -2.29. The third-order valence-electron chi connectivity index (χ3n) is 3.45. The van der Waals surface area contributed by atoms with Gasteiger partial charge in [-0.25, -0.2) is 0 Å². The average Bonchev–Trinajstić information content (AvgIpc) is 2.74. The van der Waals surface area contributed by atoms with E-state index in [0.29, 0.717) is 25.1 Å². The van der Waals surface area contributed by atoms with Crippen LogP contribution in [0.15, 0.2) is 24.3 Å². The topological polar surface area (TPSA) is 40.5 Å². The van der Waals surface area contributed by atoms with Gasteiger partial charge in [0.25, 0.3) is 5.91 Å². The summed E-state index contributed by atoms with van der Waals surface area (Å²) in [5.74, 6) is 0.0204. The van der Waals surface area contributed by atoms with Gasteiger partial charge in [0.05, 0.1) is 6.10 Å². The summed E-state index contributed by atoms with van der Waals surface area (Å²) in [6.45, 7) is 7.57. The van der Waals surface area contributed by atoms with Gasteiger partial charge >= 0.3 is 0 Å². The molecule has 1 heterocycles. The second-order valence-corrected chi connectivity index (χ2v) is 6.02. The van der Waals surface area contributed by atoms with Gasteiger partial charge in [-0.05, 0) is 29.5 Å². The number of rotatable bonds is 1. The molecule has 3 heteroatoms. The second-order valence-electron chi connectivity index (χ2n) is 6.02. The molecule has 2 rings (SSSR count). The van der Waals surface area contributed by atoms with Gasteiger partial charge in [-0.1, -0.05) is 32.9 Å². The minimum Gasteiger partial charge on any atom is -0.391 e. The summed E-state index contributed by atoms with van der Waals surface area (Å²) in [4.78, 5) is 13.9. The molecular weight excluding hydrogens is 226 g/mol. The van der Waals surface area contributed by atoms with Crippen LogP contribution in [0.3, 0.4) is 0 Å². The Morgan fingerprint density at radius 2 is 1.89 bits per heavy atom. The van der Waals surface area contributed by atoms with Crippen LogP contribution >= 0.6 is 0 Å². The van der Waals surface area contributed by atoms with E-state index in [-0.39, 0.29) is 17.4 Å². The maximum atomic E-state index is 12.2. The number of aliphatic hydroxyl groups excluding tert-OH is 1. The molecule has 1 aromatic rings. The number of amides is 1. The highest BCUT2D eigenvalue weighted by Gasteiger charge is 2.25. The van der Waals surface area contributed by atoms with Gasteiger partial charge in [0.2, 0.25) is 0 Å². The van der Waals surface area contributed by atoms with E-state index < -0.39 is 0 Å². The van der Waals surface area contributed by atoms with Crippen LogP contribution in [0.4, 0.5) is 0 Å². The Hall–Kier alpha value is -1.35. The number of carbonyl (C=O) groups is 1. The van der Waals surface area contributed by atoms with Crippen molar-refractivity contribution in [2.24, 2.45) is 0 Å². The monoisotopic (exact) mass is 247 g/mol. The molecule has 18 heavy (non-hydrogen) atoms. The quantitative estimate of drug-likeness (QED) is 0.826. The highest BCUT2D eigenvalue weighted by Crippen LogP contribution is 2.23. The third-order valence-corrected chi connectivity index (χ3v) is 3.45. The summed E-state index contributed by atoms with van der Waals surface area (Å²) in [7, 11) is 0. The van der Waals surface area contributed by atoms with E-state index >= 15 is 0 Å². The molecule has 1 aliphatic heterocycles. The fraction of sp³-hybridized carbons (Fsp3) is 0.533. The molecular formula is C15H21NO2. The molecule has 1 aliphatic rings. The van der Waals surface area contributed by atoms with Crippen molar-refractivity contribution >= 4 is 5.91 Å². The van der Waals surface area contributed by atoms with Crippen LogP contribution in [0, 0.1) is 0 Å². The second kappa shape index (κ2) is 4.73. The van der Waals surface area contributed by atoms with Crippen LogP contribution in [-0.4, -0.2) is 35.1 Å². The maximum Gasteiger partial charge on any atom is 0.253 e. The summed E-state index contributed by atoms with van der Waals surface area (Å²) >= 11 is 0. The highest BCUT2D eigenvalue weighted by atomic mass is 16.3. The van der Waals surface area contributed by atoms with Gasteiger partial charge in [-0.3, -0.25) is 4.79 Å². The van der Waals surface area contributed by atoms with E-state index in [1.165, 1.54) is 5.56 Å². The Labute approximate surface area is 108 Å². The fourth-order valence-corrected chi connectivity index (χ4v) is 2.22. The molecule has 0 bridgehead atoms. The molecule has 1 atom stereocenters. The minimum absolute atomic E-state index is 0.0204. The van der Waals surface area contributed by atoms with Gasteiger partial charge in [-0.15, -0.1) is 0 Å². The largest absolute Gasteiger partial charge is 0.391 e. The molecule has 0 aliphatic carbocycles. The number of carbonyl (C=O) groups excluding carboxylic acids is 1. The Kier molecular flexibility index (Phi) is 3.44. The first-order valence-corrected chi connectivity index (χ1v) is 6.46. The zero-order valence-corrected chi connectivity index (χ0v) is 11.3. The van der Waals surface area contributed by atoms with E-state index in [9.17, 15) is 9.90 Å². The van der Waals surface area contributed by atoms with Crippen LogP contribution in [0.25, 0.3) is 0 Å². The summed E-state index contributed by atoms with van der Waals surface area (Å²) in [6.07, 6.45) is 0.328. The van der Waals surface area contributed by atoms with Crippen LogP contribution in [-0.2, 0) is 5.41 Å².